The van der Waals surface area contributed by atoms with Gasteiger partial charge in [0.05, 0.1) is 5.69 Å². The van der Waals surface area contributed by atoms with E-state index in [0.29, 0.717) is 6.04 Å². The van der Waals surface area contributed by atoms with Gasteiger partial charge in [-0.05, 0) is 61.7 Å². The topological polar surface area (TPSA) is 53.7 Å². The van der Waals surface area contributed by atoms with Gasteiger partial charge in [0.25, 0.3) is 0 Å². The lowest BCUT2D eigenvalue weighted by atomic mass is 9.99. The molecule has 5 nitrogen and oxygen atoms in total. The summed E-state index contributed by atoms with van der Waals surface area (Å²) in [5.74, 6) is 0.759. The number of rotatable bonds is 4. The third-order valence-corrected chi connectivity index (χ3v) is 5.29. The van der Waals surface area contributed by atoms with E-state index in [4.69, 9.17) is 4.98 Å². The van der Waals surface area contributed by atoms with E-state index in [-0.39, 0.29) is 6.61 Å². The molecule has 0 radical (unpaired) electrons. The number of aliphatic hydroxyl groups is 1. The van der Waals surface area contributed by atoms with E-state index in [1.54, 1.807) is 0 Å². The number of hydrogen-bond acceptors (Lipinski definition) is 4. The first-order chi connectivity index (χ1) is 10.6. The molecule has 0 bridgehead atoms. The first-order valence-electron chi connectivity index (χ1n) is 7.96. The van der Waals surface area contributed by atoms with Gasteiger partial charge in [-0.2, -0.15) is 0 Å². The molecule has 1 atom stereocenters. The van der Waals surface area contributed by atoms with Gasteiger partial charge in [0.15, 0.2) is 0 Å². The molecule has 3 rings (SSSR count). The van der Waals surface area contributed by atoms with Crippen molar-refractivity contribution in [3.63, 3.8) is 0 Å². The summed E-state index contributed by atoms with van der Waals surface area (Å²) in [6.45, 7) is 6.22. The molecule has 2 aromatic rings. The Bertz CT molecular complexity index is 668. The SMILES string of the molecule is Cc1cc(C)n2c(Br)c(CN3CCCCC3CCO)nc2n1. The van der Waals surface area contributed by atoms with Crippen molar-refractivity contribution in [1.82, 2.24) is 19.3 Å². The molecular weight excluding hydrogens is 344 g/mol. The highest BCUT2D eigenvalue weighted by molar-refractivity contribution is 9.10. The lowest BCUT2D eigenvalue weighted by Gasteiger charge is -2.35. The largest absolute Gasteiger partial charge is 0.396 e. The van der Waals surface area contributed by atoms with Crippen LogP contribution in [0.2, 0.25) is 0 Å². The van der Waals surface area contributed by atoms with Crippen molar-refractivity contribution in [2.45, 2.75) is 52.1 Å². The van der Waals surface area contributed by atoms with Crippen molar-refractivity contribution in [2.75, 3.05) is 13.2 Å². The van der Waals surface area contributed by atoms with Crippen LogP contribution in [0.25, 0.3) is 5.78 Å². The zero-order valence-electron chi connectivity index (χ0n) is 13.2. The summed E-state index contributed by atoms with van der Waals surface area (Å²) < 4.78 is 3.06. The van der Waals surface area contributed by atoms with Crippen LogP contribution in [0.3, 0.4) is 0 Å². The van der Waals surface area contributed by atoms with Crippen LogP contribution in [0, 0.1) is 13.8 Å². The monoisotopic (exact) mass is 366 g/mol. The van der Waals surface area contributed by atoms with Gasteiger partial charge in [0, 0.05) is 30.6 Å². The second-order valence-corrected chi connectivity index (χ2v) is 6.91. The second kappa shape index (κ2) is 6.64. The maximum Gasteiger partial charge on any atom is 0.235 e. The van der Waals surface area contributed by atoms with Crippen LogP contribution in [0.4, 0.5) is 0 Å². The van der Waals surface area contributed by atoms with Crippen molar-refractivity contribution in [1.29, 1.82) is 0 Å². The number of halogens is 1. The van der Waals surface area contributed by atoms with Crippen molar-refractivity contribution >= 4 is 21.7 Å². The number of likely N-dealkylation sites (tertiary alicyclic amines) is 1. The molecule has 120 valence electrons. The standard InChI is InChI=1S/C16H23BrN4O/c1-11-9-12(2)21-15(17)14(19-16(21)18-11)10-20-7-4-3-5-13(20)6-8-22/h9,13,22H,3-8,10H2,1-2H3. The van der Waals surface area contributed by atoms with E-state index in [1.807, 2.05) is 6.92 Å². The lowest BCUT2D eigenvalue weighted by molar-refractivity contribution is 0.111. The summed E-state index contributed by atoms with van der Waals surface area (Å²) in [6, 6.07) is 2.53. The minimum Gasteiger partial charge on any atom is -0.396 e. The summed E-state index contributed by atoms with van der Waals surface area (Å²) >= 11 is 3.70. The third kappa shape index (κ3) is 3.05. The Hall–Kier alpha value is -0.980. The van der Waals surface area contributed by atoms with Gasteiger partial charge in [-0.15, -0.1) is 0 Å². The molecule has 1 N–H and O–H groups in total. The van der Waals surface area contributed by atoms with Crippen molar-refractivity contribution < 1.29 is 5.11 Å². The maximum absolute atomic E-state index is 9.27. The van der Waals surface area contributed by atoms with E-state index in [0.717, 1.165) is 47.0 Å². The summed E-state index contributed by atoms with van der Waals surface area (Å²) in [5, 5.41) is 9.27. The van der Waals surface area contributed by atoms with Crippen LogP contribution in [-0.4, -0.2) is 43.6 Å². The van der Waals surface area contributed by atoms with E-state index in [1.165, 1.54) is 19.3 Å². The molecule has 0 amide bonds. The minimum atomic E-state index is 0.257. The molecule has 0 aromatic carbocycles. The van der Waals surface area contributed by atoms with Crippen molar-refractivity contribution in [3.05, 3.63) is 27.8 Å². The molecule has 2 aromatic heterocycles. The maximum atomic E-state index is 9.27. The second-order valence-electron chi connectivity index (χ2n) is 6.16. The van der Waals surface area contributed by atoms with E-state index < -0.39 is 0 Å². The summed E-state index contributed by atoms with van der Waals surface area (Å²) in [6.07, 6.45) is 4.50. The number of hydrogen-bond donors (Lipinski definition) is 1. The Labute approximate surface area is 139 Å². The number of fused-ring (bicyclic) bond motifs is 1. The fourth-order valence-corrected chi connectivity index (χ4v) is 4.07. The van der Waals surface area contributed by atoms with Crippen LogP contribution >= 0.6 is 15.9 Å². The molecule has 1 aliphatic heterocycles. The molecule has 0 spiro atoms. The first kappa shape index (κ1) is 15.9. The number of aryl methyl sites for hydroxylation is 2. The normalized spacial score (nSPS) is 19.9. The van der Waals surface area contributed by atoms with Gasteiger partial charge < -0.3 is 5.11 Å². The molecule has 0 saturated carbocycles. The quantitative estimate of drug-likeness (QED) is 0.903. The fourth-order valence-electron chi connectivity index (χ4n) is 3.42. The molecule has 3 heterocycles. The van der Waals surface area contributed by atoms with Crippen molar-refractivity contribution in [2.24, 2.45) is 0 Å². The third-order valence-electron chi connectivity index (χ3n) is 4.48. The molecule has 0 aliphatic carbocycles. The van der Waals surface area contributed by atoms with E-state index >= 15 is 0 Å². The zero-order chi connectivity index (χ0) is 15.7. The molecule has 1 aliphatic rings. The van der Waals surface area contributed by atoms with Gasteiger partial charge in [0.1, 0.15) is 4.60 Å². The molecule has 1 unspecified atom stereocenters. The highest BCUT2D eigenvalue weighted by atomic mass is 79.9. The zero-order valence-corrected chi connectivity index (χ0v) is 14.8. The smallest absolute Gasteiger partial charge is 0.235 e. The fraction of sp³-hybridized carbons (Fsp3) is 0.625. The Balaban J connectivity index is 1.90. The van der Waals surface area contributed by atoms with Crippen LogP contribution in [0.5, 0.6) is 0 Å². The Morgan fingerprint density at radius 1 is 1.32 bits per heavy atom. The van der Waals surface area contributed by atoms with Crippen LogP contribution in [0.1, 0.15) is 42.8 Å². The summed E-state index contributed by atoms with van der Waals surface area (Å²) in [5.41, 5.74) is 3.16. The van der Waals surface area contributed by atoms with Crippen LogP contribution in [-0.2, 0) is 6.54 Å². The number of imidazole rings is 1. The highest BCUT2D eigenvalue weighted by Gasteiger charge is 2.24. The predicted molar refractivity (Wildman–Crippen MR) is 89.9 cm³/mol. The first-order valence-corrected chi connectivity index (χ1v) is 8.75. The summed E-state index contributed by atoms with van der Waals surface area (Å²) in [4.78, 5) is 11.7. The number of aromatic nitrogens is 3. The highest BCUT2D eigenvalue weighted by Crippen LogP contribution is 2.26. The van der Waals surface area contributed by atoms with Gasteiger partial charge in [-0.25, -0.2) is 9.97 Å². The molecule has 1 saturated heterocycles. The van der Waals surface area contributed by atoms with Crippen LogP contribution < -0.4 is 0 Å². The summed E-state index contributed by atoms with van der Waals surface area (Å²) in [7, 11) is 0. The predicted octanol–water partition coefficient (Wildman–Crippen LogP) is 2.85. The minimum absolute atomic E-state index is 0.257. The number of nitrogens with zero attached hydrogens (tertiary/aromatic N) is 4. The Morgan fingerprint density at radius 3 is 2.91 bits per heavy atom. The Morgan fingerprint density at radius 2 is 2.14 bits per heavy atom. The Kier molecular flexibility index (Phi) is 4.80. The van der Waals surface area contributed by atoms with Gasteiger partial charge in [0.2, 0.25) is 5.78 Å². The van der Waals surface area contributed by atoms with Crippen molar-refractivity contribution in [3.8, 4) is 0 Å². The number of aliphatic hydroxyl groups excluding tert-OH is 1. The van der Waals surface area contributed by atoms with Gasteiger partial charge in [-0.1, -0.05) is 6.42 Å². The van der Waals surface area contributed by atoms with E-state index in [2.05, 4.69) is 43.2 Å². The average Bonchev–Trinajstić information content (AvgIpc) is 2.77. The average molecular weight is 367 g/mol. The number of piperidine rings is 1. The molecular formula is C16H23BrN4O. The lowest BCUT2D eigenvalue weighted by Crippen LogP contribution is -2.39. The van der Waals surface area contributed by atoms with Gasteiger partial charge >= 0.3 is 0 Å². The van der Waals surface area contributed by atoms with Gasteiger partial charge in [-0.3, -0.25) is 9.30 Å². The molecule has 22 heavy (non-hydrogen) atoms. The molecule has 6 heteroatoms. The molecule has 1 fully saturated rings. The van der Waals surface area contributed by atoms with Crippen LogP contribution in [0.15, 0.2) is 10.7 Å². The van der Waals surface area contributed by atoms with E-state index in [9.17, 15) is 5.11 Å².